The Balaban J connectivity index is 1.83. The molecule has 0 radical (unpaired) electrons. The first-order chi connectivity index (χ1) is 9.93. The van der Waals surface area contributed by atoms with Gasteiger partial charge in [0.2, 0.25) is 0 Å². The van der Waals surface area contributed by atoms with Crippen LogP contribution in [0.3, 0.4) is 0 Å². The third-order valence-corrected chi connectivity index (χ3v) is 4.41. The lowest BCUT2D eigenvalue weighted by Crippen LogP contribution is -2.34. The second-order valence-corrected chi connectivity index (χ2v) is 5.70. The maximum Gasteiger partial charge on any atom is 0.151 e. The van der Waals surface area contributed by atoms with Crippen molar-refractivity contribution in [3.63, 3.8) is 0 Å². The Morgan fingerprint density at radius 3 is 1.90 bits per heavy atom. The van der Waals surface area contributed by atoms with Crippen molar-refractivity contribution in [2.45, 2.75) is 38.1 Å². The van der Waals surface area contributed by atoms with Crippen LogP contribution in [0.15, 0.2) is 48.5 Å². The summed E-state index contributed by atoms with van der Waals surface area (Å²) in [6.45, 7) is 0. The Labute approximate surface area is 120 Å². The van der Waals surface area contributed by atoms with Gasteiger partial charge in [0.15, 0.2) is 11.5 Å². The number of rotatable bonds is 1. The first-order valence-corrected chi connectivity index (χ1v) is 7.58. The molecule has 0 N–H and O–H groups in total. The molecule has 1 aliphatic heterocycles. The molecular weight excluding hydrogens is 246 g/mol. The minimum absolute atomic E-state index is 0.606. The summed E-state index contributed by atoms with van der Waals surface area (Å²) >= 11 is 0. The highest BCUT2D eigenvalue weighted by atomic mass is 16.5. The van der Waals surface area contributed by atoms with E-state index in [2.05, 4.69) is 41.3 Å². The van der Waals surface area contributed by atoms with Crippen LogP contribution in [0.25, 0.3) is 0 Å². The van der Waals surface area contributed by atoms with E-state index in [9.17, 15) is 0 Å². The number of hydrogen-bond acceptors (Lipinski definition) is 2. The molecular formula is C18H19NO. The highest BCUT2D eigenvalue weighted by Crippen LogP contribution is 2.48. The lowest BCUT2D eigenvalue weighted by Gasteiger charge is -2.40. The smallest absolute Gasteiger partial charge is 0.151 e. The van der Waals surface area contributed by atoms with E-state index in [1.165, 1.54) is 43.5 Å². The molecule has 2 aromatic carbocycles. The number of para-hydroxylation sites is 4. The summed E-state index contributed by atoms with van der Waals surface area (Å²) < 4.78 is 6.06. The lowest BCUT2D eigenvalue weighted by atomic mass is 9.92. The summed E-state index contributed by atoms with van der Waals surface area (Å²) in [5.41, 5.74) is 2.44. The van der Waals surface area contributed by atoms with E-state index in [1.54, 1.807) is 0 Å². The van der Waals surface area contributed by atoms with Gasteiger partial charge in [-0.3, -0.25) is 0 Å². The van der Waals surface area contributed by atoms with Gasteiger partial charge >= 0.3 is 0 Å². The van der Waals surface area contributed by atoms with Crippen LogP contribution < -0.4 is 9.64 Å². The molecule has 20 heavy (non-hydrogen) atoms. The standard InChI is InChI=1S/C18H19NO/c1-2-8-14(9-3-1)19-15-10-4-6-12-17(15)20-18-13-7-5-11-16(18)19/h4-7,10-14H,1-3,8-9H2. The van der Waals surface area contributed by atoms with Crippen LogP contribution in [0.1, 0.15) is 32.1 Å². The molecule has 2 heteroatoms. The zero-order chi connectivity index (χ0) is 13.4. The zero-order valence-electron chi connectivity index (χ0n) is 11.6. The Bertz CT molecular complexity index is 571. The topological polar surface area (TPSA) is 12.5 Å². The summed E-state index contributed by atoms with van der Waals surface area (Å²) in [4.78, 5) is 2.51. The van der Waals surface area contributed by atoms with Crippen molar-refractivity contribution in [3.05, 3.63) is 48.5 Å². The van der Waals surface area contributed by atoms with Gasteiger partial charge in [0, 0.05) is 6.04 Å². The first kappa shape index (κ1) is 11.8. The van der Waals surface area contributed by atoms with E-state index in [1.807, 2.05) is 12.1 Å². The summed E-state index contributed by atoms with van der Waals surface area (Å²) in [6, 6.07) is 17.4. The molecule has 4 rings (SSSR count). The van der Waals surface area contributed by atoms with E-state index in [4.69, 9.17) is 4.74 Å². The number of benzene rings is 2. The van der Waals surface area contributed by atoms with Crippen LogP contribution in [-0.4, -0.2) is 6.04 Å². The van der Waals surface area contributed by atoms with Gasteiger partial charge in [-0.05, 0) is 37.1 Å². The summed E-state index contributed by atoms with van der Waals surface area (Å²) in [7, 11) is 0. The molecule has 0 amide bonds. The minimum Gasteiger partial charge on any atom is -0.453 e. The average Bonchev–Trinajstić information content (AvgIpc) is 2.53. The van der Waals surface area contributed by atoms with Crippen molar-refractivity contribution in [3.8, 4) is 11.5 Å². The van der Waals surface area contributed by atoms with Crippen molar-refractivity contribution in [2.75, 3.05) is 4.90 Å². The molecule has 1 saturated carbocycles. The zero-order valence-corrected chi connectivity index (χ0v) is 11.6. The van der Waals surface area contributed by atoms with E-state index >= 15 is 0 Å². The molecule has 2 aliphatic rings. The molecule has 0 bridgehead atoms. The maximum absolute atomic E-state index is 6.06. The maximum atomic E-state index is 6.06. The number of ether oxygens (including phenoxy) is 1. The molecule has 102 valence electrons. The molecule has 1 heterocycles. The molecule has 0 unspecified atom stereocenters. The quantitative estimate of drug-likeness (QED) is 0.697. The van der Waals surface area contributed by atoms with Crippen molar-refractivity contribution in [1.82, 2.24) is 0 Å². The highest BCUT2D eigenvalue weighted by Gasteiger charge is 2.30. The van der Waals surface area contributed by atoms with Gasteiger partial charge in [0.25, 0.3) is 0 Å². The van der Waals surface area contributed by atoms with Crippen molar-refractivity contribution >= 4 is 11.4 Å². The number of fused-ring (bicyclic) bond motifs is 2. The van der Waals surface area contributed by atoms with Crippen LogP contribution in [0.5, 0.6) is 11.5 Å². The molecule has 0 saturated heterocycles. The molecule has 0 atom stereocenters. The fraction of sp³-hybridized carbons (Fsp3) is 0.333. The SMILES string of the molecule is c1ccc2c(c1)Oc1ccccc1N2C1CCCCC1. The molecule has 0 aromatic heterocycles. The van der Waals surface area contributed by atoms with Gasteiger partial charge in [-0.15, -0.1) is 0 Å². The third kappa shape index (κ3) is 1.87. The fourth-order valence-corrected chi connectivity index (χ4v) is 3.47. The van der Waals surface area contributed by atoms with Crippen LogP contribution in [0.2, 0.25) is 0 Å². The summed E-state index contributed by atoms with van der Waals surface area (Å²) in [6.07, 6.45) is 6.62. The minimum atomic E-state index is 0.606. The van der Waals surface area contributed by atoms with Crippen molar-refractivity contribution in [1.29, 1.82) is 0 Å². The van der Waals surface area contributed by atoms with Crippen LogP contribution >= 0.6 is 0 Å². The summed E-state index contributed by atoms with van der Waals surface area (Å²) in [5.74, 6) is 1.97. The monoisotopic (exact) mass is 265 g/mol. The Morgan fingerprint density at radius 2 is 1.30 bits per heavy atom. The van der Waals surface area contributed by atoms with Gasteiger partial charge < -0.3 is 9.64 Å². The number of nitrogens with zero attached hydrogens (tertiary/aromatic N) is 1. The van der Waals surface area contributed by atoms with E-state index in [0.717, 1.165) is 11.5 Å². The second kappa shape index (κ2) is 4.86. The summed E-state index contributed by atoms with van der Waals surface area (Å²) in [5, 5.41) is 0. The Kier molecular flexibility index (Phi) is 2.87. The van der Waals surface area contributed by atoms with E-state index < -0.39 is 0 Å². The average molecular weight is 265 g/mol. The van der Waals surface area contributed by atoms with Gasteiger partial charge in [-0.2, -0.15) is 0 Å². The molecule has 2 nitrogen and oxygen atoms in total. The number of hydrogen-bond donors (Lipinski definition) is 0. The largest absolute Gasteiger partial charge is 0.453 e. The van der Waals surface area contributed by atoms with E-state index in [-0.39, 0.29) is 0 Å². The second-order valence-electron chi connectivity index (χ2n) is 5.70. The lowest BCUT2D eigenvalue weighted by molar-refractivity contribution is 0.415. The van der Waals surface area contributed by atoms with Crippen LogP contribution in [-0.2, 0) is 0 Å². The first-order valence-electron chi connectivity index (χ1n) is 7.58. The molecule has 0 spiro atoms. The van der Waals surface area contributed by atoms with Gasteiger partial charge in [-0.25, -0.2) is 0 Å². The van der Waals surface area contributed by atoms with Crippen molar-refractivity contribution < 1.29 is 4.74 Å². The Hall–Kier alpha value is -1.96. The highest BCUT2D eigenvalue weighted by molar-refractivity contribution is 5.78. The molecule has 2 aromatic rings. The van der Waals surface area contributed by atoms with E-state index in [0.29, 0.717) is 6.04 Å². The van der Waals surface area contributed by atoms with Gasteiger partial charge in [-0.1, -0.05) is 43.5 Å². The molecule has 1 fully saturated rings. The van der Waals surface area contributed by atoms with Crippen LogP contribution in [0, 0.1) is 0 Å². The third-order valence-electron chi connectivity index (χ3n) is 4.41. The Morgan fingerprint density at radius 1 is 0.750 bits per heavy atom. The molecule has 1 aliphatic carbocycles. The fourth-order valence-electron chi connectivity index (χ4n) is 3.47. The van der Waals surface area contributed by atoms with Gasteiger partial charge in [0.05, 0.1) is 11.4 Å². The number of anilines is 2. The van der Waals surface area contributed by atoms with Gasteiger partial charge in [0.1, 0.15) is 0 Å². The van der Waals surface area contributed by atoms with Crippen LogP contribution in [0.4, 0.5) is 11.4 Å². The predicted molar refractivity (Wildman–Crippen MR) is 82.0 cm³/mol. The predicted octanol–water partition coefficient (Wildman–Crippen LogP) is 5.26. The van der Waals surface area contributed by atoms with Crippen molar-refractivity contribution in [2.24, 2.45) is 0 Å². The normalized spacial score (nSPS) is 18.1.